The number of phosphoric ester groups is 4. The number of nitriles is 3. The van der Waals surface area contributed by atoms with Crippen molar-refractivity contribution in [2.24, 2.45) is 5.41 Å². The molecule has 7 aliphatic heterocycles. The van der Waals surface area contributed by atoms with Gasteiger partial charge in [0.25, 0.3) is 15.6 Å². The first-order valence-corrected chi connectivity index (χ1v) is 42.9. The van der Waals surface area contributed by atoms with Gasteiger partial charge in [0.2, 0.25) is 0 Å². The normalized spacial score (nSPS) is 29.7. The van der Waals surface area contributed by atoms with E-state index in [0.29, 0.717) is 38.0 Å². The number of rotatable bonds is 39. The number of nitrogens with zero attached hydrogens (tertiary/aromatic N) is 3. The summed E-state index contributed by atoms with van der Waals surface area (Å²) in [5.74, 6) is 0. The van der Waals surface area contributed by atoms with Gasteiger partial charge in [0.05, 0.1) is 200 Å². The molecule has 7 aliphatic rings. The zero-order valence-electron chi connectivity index (χ0n) is 69.5. The van der Waals surface area contributed by atoms with E-state index in [4.69, 9.17) is 162 Å². The molecule has 0 aromatic carbocycles. The van der Waals surface area contributed by atoms with E-state index < -0.39 is 146 Å². The maximum absolute atomic E-state index is 12.6. The predicted octanol–water partition coefficient (Wildman–Crippen LogP) is -0.507. The Morgan fingerprint density at radius 3 is 1.21 bits per heavy atom. The fraction of sp³-hybridized carbons (Fsp3) is 0.896. The molecular formula is C67H112B8N3O34P4W4-9. The molecule has 0 aliphatic carbocycles. The Bertz CT molecular complexity index is 3030. The van der Waals surface area contributed by atoms with Crippen LogP contribution in [-0.4, -0.2) is 316 Å². The van der Waals surface area contributed by atoms with E-state index in [1.54, 1.807) is 38.5 Å². The van der Waals surface area contributed by atoms with E-state index in [1.165, 1.54) is 6.42 Å². The molecule has 0 amide bonds. The largest absolute Gasteiger partial charge is 0.870 e. The molecule has 6 fully saturated rings. The molecule has 2 N–H and O–H groups in total. The zero-order valence-corrected chi connectivity index (χ0v) is 84.8. The van der Waals surface area contributed by atoms with Crippen molar-refractivity contribution in [3.63, 3.8) is 0 Å². The summed E-state index contributed by atoms with van der Waals surface area (Å²) in [7, 11) is 25.0. The maximum Gasteiger partial charge on any atom is 0.268 e. The van der Waals surface area contributed by atoms with Crippen LogP contribution in [0.1, 0.15) is 137 Å². The van der Waals surface area contributed by atoms with Gasteiger partial charge in [-0.3, -0.25) is 22.0 Å². The first-order valence-electron chi connectivity index (χ1n) is 37.0. The van der Waals surface area contributed by atoms with Crippen molar-refractivity contribution in [1.82, 2.24) is 0 Å². The summed E-state index contributed by atoms with van der Waals surface area (Å²) in [4.78, 5) is 66.0. The molecule has 7 rings (SSSR count). The van der Waals surface area contributed by atoms with Gasteiger partial charge in [-0.2, -0.15) is 15.8 Å². The van der Waals surface area contributed by atoms with Crippen LogP contribution >= 0.6 is 31.3 Å². The molecule has 2 unspecified atom stereocenters. The van der Waals surface area contributed by atoms with Crippen LogP contribution in [0.15, 0.2) is 11.6 Å². The maximum atomic E-state index is 12.6. The van der Waals surface area contributed by atoms with Crippen molar-refractivity contribution in [3.8, 4) is 18.2 Å². The topological polar surface area (TPSA) is 531 Å². The van der Waals surface area contributed by atoms with E-state index >= 15 is 0 Å². The summed E-state index contributed by atoms with van der Waals surface area (Å²) in [5, 5.41) is 37.1. The molecule has 0 saturated carbocycles. The van der Waals surface area contributed by atoms with Gasteiger partial charge < -0.3 is 152 Å². The molecule has 7 heterocycles. The first kappa shape index (κ1) is 130. The van der Waals surface area contributed by atoms with Crippen LogP contribution < -0.4 is 29.4 Å². The van der Waals surface area contributed by atoms with Gasteiger partial charge >= 0.3 is 0 Å². The summed E-state index contributed by atoms with van der Waals surface area (Å²) < 4.78 is 160. The second kappa shape index (κ2) is 64.9. The van der Waals surface area contributed by atoms with Crippen molar-refractivity contribution in [1.29, 1.82) is 15.8 Å². The van der Waals surface area contributed by atoms with Gasteiger partial charge in [-0.25, -0.2) is 0 Å². The average Bonchev–Trinajstić information content (AvgIpc) is 1.60. The van der Waals surface area contributed by atoms with Crippen molar-refractivity contribution < 1.29 is 245 Å². The number of aliphatic hydroxyl groups is 1. The summed E-state index contributed by atoms with van der Waals surface area (Å²) in [6.45, 7) is 29.2. The molecule has 676 valence electrons. The molecular weight excluding hydrogens is 2340 g/mol. The molecule has 16 radical (unpaired) electrons. The number of phosphoric acid groups is 4. The van der Waals surface area contributed by atoms with Gasteiger partial charge in [0, 0.05) is 114 Å². The van der Waals surface area contributed by atoms with Gasteiger partial charge in [-0.1, -0.05) is 19.4 Å². The van der Waals surface area contributed by atoms with Gasteiger partial charge in [0.1, 0.15) is 89.8 Å². The first-order chi connectivity index (χ1) is 52.8. The second-order valence-electron chi connectivity index (χ2n) is 28.6. The second-order valence-corrected chi connectivity index (χ2v) is 33.7. The van der Waals surface area contributed by atoms with Crippen LogP contribution in [0.2, 0.25) is 0 Å². The average molecular weight is 2450 g/mol. The molecule has 0 spiro atoms. The summed E-state index contributed by atoms with van der Waals surface area (Å²) >= 11 is 0. The van der Waals surface area contributed by atoms with Crippen molar-refractivity contribution in [2.75, 3.05) is 66.0 Å². The smallest absolute Gasteiger partial charge is 0.268 e. The standard InChI is InChI=1S/C18H27B2N2O8P.C15H28B2O8P.C9H12BNO2.2C8H16BO6P.C8H14BO3.CH4.H2O.4W/c1-10(2)25-6-14-16(18(8-21,9-22)17(20)29-14)30-31(23,24)26-7-13-12(27-11(3)4)5-15(19)28-13;1-10(2)20-6-12(22-9-16)7-23-26(18,19)25-13-5-15(17)24-14(13)8-21-11(3)4;1-6(2)12-5-8-3-7(4-11)9(10)13-8;2*1-5(2)14-6-3-8(9)15-7(6)4-13-16(10,11)12;1-5(2)11-4-7-6(10)3-8(9)12-7;;;;;;/h10-17H,5-7H2,1-4H3,(H,23,24);5,10-15H,6-9H2,1-4H3,(H,18,19);3,6,8-9H,5H2,1-2H3;2*5-8H,3-4H2,1-2H3,(H2,10,11,12);3,5-8,10H,4H2,1-2H3;1H4;1H2;;;;/q;-1;;;;-1;;;;;;/p-7/t12-,13-,14-,15-,16+,17-;12-,13+,14+,15+;8-,9+;3*6-,7-,8-;;;;;;/m100111....../s1. The Balaban J connectivity index is -0.000000451. The van der Waals surface area contributed by atoms with Crippen LogP contribution in [0.4, 0.5) is 0 Å². The van der Waals surface area contributed by atoms with Crippen LogP contribution in [0, 0.1) is 52.2 Å². The predicted molar refractivity (Wildman–Crippen MR) is 410 cm³/mol. The Morgan fingerprint density at radius 1 is 0.475 bits per heavy atom. The fourth-order valence-electron chi connectivity index (χ4n) is 10.7. The van der Waals surface area contributed by atoms with Gasteiger partial charge in [-0.15, -0.1) is 0 Å². The Labute approximate surface area is 777 Å². The number of hydrogen-bond donors (Lipinski definition) is 1. The van der Waals surface area contributed by atoms with Crippen LogP contribution in [0.5, 0.6) is 0 Å². The minimum Gasteiger partial charge on any atom is -0.870 e. The molecule has 37 nitrogen and oxygen atoms in total. The molecule has 0 aromatic rings. The zero-order chi connectivity index (χ0) is 86.8. The molecule has 23 atom stereocenters. The summed E-state index contributed by atoms with van der Waals surface area (Å²) in [5.41, 5.74) is -1.58. The molecule has 53 heteroatoms. The Morgan fingerprint density at radius 2 is 0.850 bits per heavy atom. The minimum absolute atomic E-state index is 0. The number of ether oxygens (including phenoxy) is 16. The number of hydrogen-bond acceptors (Lipinski definition) is 37. The third kappa shape index (κ3) is 54.3. The third-order valence-electron chi connectivity index (χ3n) is 15.7. The fourth-order valence-corrected chi connectivity index (χ4v) is 13.3. The van der Waals surface area contributed by atoms with Crippen molar-refractivity contribution in [2.45, 2.75) is 314 Å². The third-order valence-corrected chi connectivity index (χ3v) is 18.5. The van der Waals surface area contributed by atoms with Crippen LogP contribution in [0.25, 0.3) is 0 Å². The van der Waals surface area contributed by atoms with E-state index in [0.717, 1.165) is 0 Å². The SMILES string of the molecule is C.[B]CO[C@@H](COC(C)C)COP(=O)([O-])O[C@@H]1[CH-][C@H]([B])O[C@@H]1COC(C)C.[B][C@@H]1O[C@H](COC(C)C)C=C1C#N.[B][C@@H]1O[C@H](COC(C)C)[C@H](OP(=O)([O-])OC[C@H]2O[C@@H]([B])C[C@H]2OC(C)C)C1(C#N)C#N.[B][C@H]1C[C@@H](OC(C)C)[C@@H](COP(=O)([O-])[O-])O1.[B][C@H]1C[C@@H](OC(C)C)[C@@H](COP(=O)([O-])[O-])O1.[B][C@H]1[CH-][C@@H](O)[C@@H](COC(C)C)O1.[OH-].[W].[W].[W].[W]. The summed E-state index contributed by atoms with van der Waals surface area (Å²) in [6.07, 6.45) is -3.15. The molecule has 0 bridgehead atoms. The van der Waals surface area contributed by atoms with Crippen LogP contribution in [-0.2, 0) is 205 Å². The van der Waals surface area contributed by atoms with Gasteiger partial charge in [0.15, 0.2) is 5.41 Å². The minimum atomic E-state index is -5.01. The van der Waals surface area contributed by atoms with Crippen molar-refractivity contribution in [3.05, 3.63) is 24.5 Å². The Hall–Kier alpha value is 1.20. The van der Waals surface area contributed by atoms with Gasteiger partial charge in [-0.05, 0) is 148 Å². The van der Waals surface area contributed by atoms with E-state index in [2.05, 4.69) is 9.05 Å². The van der Waals surface area contributed by atoms with E-state index in [-0.39, 0.29) is 217 Å². The quantitative estimate of drug-likeness (QED) is 0.0460. The molecule has 120 heavy (non-hydrogen) atoms. The summed E-state index contributed by atoms with van der Waals surface area (Å²) in [6, 6.07) is 0.620. The van der Waals surface area contributed by atoms with Crippen molar-refractivity contribution >= 4 is 94.1 Å². The van der Waals surface area contributed by atoms with E-state index in [9.17, 15) is 63.3 Å². The molecule has 6 saturated heterocycles. The van der Waals surface area contributed by atoms with E-state index in [1.807, 2.05) is 103 Å². The Kier molecular flexibility index (Phi) is 70.2. The molecule has 0 aromatic heterocycles. The number of aliphatic hydroxyl groups excluding tert-OH is 1. The van der Waals surface area contributed by atoms with Crippen LogP contribution in [0.3, 0.4) is 0 Å². The monoisotopic (exact) mass is 2450 g/mol.